The molecule has 24 heavy (non-hydrogen) atoms. The molecule has 5 fully saturated rings. The first-order valence-electron chi connectivity index (χ1n) is 10.1. The van der Waals surface area contributed by atoms with Crippen LogP contribution in [0, 0.1) is 23.2 Å². The smallest absolute Gasteiger partial charge is 0.0658 e. The lowest BCUT2D eigenvalue weighted by atomic mass is 9.43. The summed E-state index contributed by atoms with van der Waals surface area (Å²) >= 11 is 0. The molecule has 6 rings (SSSR count). The van der Waals surface area contributed by atoms with Crippen LogP contribution in [0.15, 0.2) is 30.3 Å². The third-order valence-corrected chi connectivity index (χ3v) is 7.82. The summed E-state index contributed by atoms with van der Waals surface area (Å²) in [5.74, 6) is 2.38. The summed E-state index contributed by atoms with van der Waals surface area (Å²) in [5.41, 5.74) is 1.55. The molecule has 2 nitrogen and oxygen atoms in total. The summed E-state index contributed by atoms with van der Waals surface area (Å²) in [6, 6.07) is 11.7. The molecule has 2 unspecified atom stereocenters. The monoisotopic (exact) mass is 325 g/mol. The number of nitrogens with one attached hydrogen (secondary N) is 1. The van der Waals surface area contributed by atoms with Gasteiger partial charge in [-0.1, -0.05) is 30.3 Å². The number of benzene rings is 1. The molecule has 3 atom stereocenters. The molecule has 4 aliphatic carbocycles. The Morgan fingerprint density at radius 3 is 2.46 bits per heavy atom. The highest BCUT2D eigenvalue weighted by Gasteiger charge is 2.61. The minimum atomic E-state index is -0.336. The molecule has 0 spiro atoms. The van der Waals surface area contributed by atoms with Crippen LogP contribution in [0.5, 0.6) is 0 Å². The summed E-state index contributed by atoms with van der Waals surface area (Å²) in [6.45, 7) is 1.21. The van der Waals surface area contributed by atoms with Crippen molar-refractivity contribution in [2.45, 2.75) is 69.4 Å². The normalized spacial score (nSPS) is 46.5. The van der Waals surface area contributed by atoms with E-state index in [0.717, 1.165) is 43.1 Å². The summed E-state index contributed by atoms with van der Waals surface area (Å²) in [5, 5.41) is 15.0. The zero-order valence-corrected chi connectivity index (χ0v) is 14.7. The molecule has 4 saturated carbocycles. The maximum atomic E-state index is 11.2. The molecule has 0 radical (unpaired) electrons. The lowest BCUT2D eigenvalue weighted by Crippen LogP contribution is -2.62. The predicted molar refractivity (Wildman–Crippen MR) is 96.7 cm³/mol. The Labute approximate surface area is 146 Å². The van der Waals surface area contributed by atoms with Gasteiger partial charge in [0, 0.05) is 6.04 Å². The Bertz CT molecular complexity index is 575. The first kappa shape index (κ1) is 15.4. The molecule has 4 bridgehead atoms. The van der Waals surface area contributed by atoms with E-state index < -0.39 is 0 Å². The number of rotatable bonds is 4. The van der Waals surface area contributed by atoms with Crippen LogP contribution in [-0.2, 0) is 6.42 Å². The number of aliphatic hydroxyl groups is 1. The summed E-state index contributed by atoms with van der Waals surface area (Å²) in [7, 11) is 0. The minimum Gasteiger partial charge on any atom is -0.390 e. The standard InChI is InChI=1S/C22H31NO/c24-22-13-17-11-21(15-22,9-8-16-5-2-1-3-6-16)12-18(14-22)20(17)19-7-4-10-23-19/h1-3,5-6,17-20,23-24H,4,7-15H2/t17?,18?,19-,20?,21?,22?/m1/s1. The van der Waals surface area contributed by atoms with Gasteiger partial charge in [-0.25, -0.2) is 0 Å². The molecule has 2 heteroatoms. The molecule has 130 valence electrons. The second-order valence-corrected chi connectivity index (χ2v) is 9.50. The Balaban J connectivity index is 1.35. The lowest BCUT2D eigenvalue weighted by molar-refractivity contribution is -0.194. The molecule has 2 N–H and O–H groups in total. The SMILES string of the molecule is OC12CC3CC(CCc4ccccc4)(CC(C1)C3[C@H]1CCCN1)C2. The van der Waals surface area contributed by atoms with Crippen molar-refractivity contribution in [3.05, 3.63) is 35.9 Å². The highest BCUT2D eigenvalue weighted by atomic mass is 16.3. The Morgan fingerprint density at radius 1 is 1.04 bits per heavy atom. The predicted octanol–water partition coefficient (Wildman–Crippen LogP) is 3.93. The maximum absolute atomic E-state index is 11.2. The van der Waals surface area contributed by atoms with Crippen molar-refractivity contribution in [3.8, 4) is 0 Å². The number of hydrogen-bond donors (Lipinski definition) is 2. The average molecular weight is 325 g/mol. The Morgan fingerprint density at radius 2 is 1.79 bits per heavy atom. The molecule has 1 saturated heterocycles. The first-order chi connectivity index (χ1) is 11.6. The fraction of sp³-hybridized carbons (Fsp3) is 0.727. The topological polar surface area (TPSA) is 32.3 Å². The van der Waals surface area contributed by atoms with E-state index in [1.165, 1.54) is 50.6 Å². The van der Waals surface area contributed by atoms with Gasteiger partial charge >= 0.3 is 0 Å². The fourth-order valence-corrected chi connectivity index (χ4v) is 7.36. The van der Waals surface area contributed by atoms with Gasteiger partial charge in [-0.15, -0.1) is 0 Å². The Kier molecular flexibility index (Phi) is 3.58. The van der Waals surface area contributed by atoms with Crippen LogP contribution in [0.2, 0.25) is 0 Å². The molecule has 1 heterocycles. The van der Waals surface area contributed by atoms with Crippen molar-refractivity contribution in [1.29, 1.82) is 0 Å². The van der Waals surface area contributed by atoms with Crippen LogP contribution in [0.25, 0.3) is 0 Å². The second kappa shape index (κ2) is 5.57. The zero-order valence-electron chi connectivity index (χ0n) is 14.7. The van der Waals surface area contributed by atoms with Crippen LogP contribution >= 0.6 is 0 Å². The van der Waals surface area contributed by atoms with Gasteiger partial charge in [0.25, 0.3) is 0 Å². The van der Waals surface area contributed by atoms with E-state index in [0.29, 0.717) is 5.41 Å². The van der Waals surface area contributed by atoms with E-state index in [-0.39, 0.29) is 5.60 Å². The van der Waals surface area contributed by atoms with Gasteiger partial charge in [-0.05, 0) is 93.1 Å². The van der Waals surface area contributed by atoms with Crippen LogP contribution < -0.4 is 5.32 Å². The molecule has 1 aromatic rings. The summed E-state index contributed by atoms with van der Waals surface area (Å²) in [6.07, 6.45) is 11.2. The van der Waals surface area contributed by atoms with Gasteiger partial charge in [-0.3, -0.25) is 0 Å². The van der Waals surface area contributed by atoms with Crippen LogP contribution in [0.1, 0.15) is 56.9 Å². The Hall–Kier alpha value is -0.860. The third-order valence-electron chi connectivity index (χ3n) is 7.82. The van der Waals surface area contributed by atoms with Crippen LogP contribution in [-0.4, -0.2) is 23.3 Å². The average Bonchev–Trinajstić information content (AvgIpc) is 3.06. The van der Waals surface area contributed by atoms with Gasteiger partial charge in [0.2, 0.25) is 0 Å². The molecule has 5 aliphatic rings. The summed E-state index contributed by atoms with van der Waals surface area (Å²) in [4.78, 5) is 0. The van der Waals surface area contributed by atoms with Gasteiger partial charge in [0.1, 0.15) is 0 Å². The second-order valence-electron chi connectivity index (χ2n) is 9.50. The molecule has 0 amide bonds. The molecule has 1 aliphatic heterocycles. The van der Waals surface area contributed by atoms with E-state index in [9.17, 15) is 5.11 Å². The van der Waals surface area contributed by atoms with E-state index in [2.05, 4.69) is 35.6 Å². The van der Waals surface area contributed by atoms with Gasteiger partial charge in [0.15, 0.2) is 0 Å². The van der Waals surface area contributed by atoms with Crippen molar-refractivity contribution in [2.75, 3.05) is 6.54 Å². The fourth-order valence-electron chi connectivity index (χ4n) is 7.36. The van der Waals surface area contributed by atoms with Crippen LogP contribution in [0.3, 0.4) is 0 Å². The van der Waals surface area contributed by atoms with Crippen molar-refractivity contribution in [2.24, 2.45) is 23.2 Å². The van der Waals surface area contributed by atoms with Crippen molar-refractivity contribution >= 4 is 0 Å². The summed E-state index contributed by atoms with van der Waals surface area (Å²) < 4.78 is 0. The molecule has 1 aromatic carbocycles. The van der Waals surface area contributed by atoms with E-state index in [1.807, 2.05) is 0 Å². The van der Waals surface area contributed by atoms with E-state index in [4.69, 9.17) is 0 Å². The van der Waals surface area contributed by atoms with E-state index >= 15 is 0 Å². The molecular formula is C22H31NO. The van der Waals surface area contributed by atoms with Gasteiger partial charge in [0.05, 0.1) is 5.60 Å². The quantitative estimate of drug-likeness (QED) is 0.879. The minimum absolute atomic E-state index is 0.336. The van der Waals surface area contributed by atoms with Gasteiger partial charge in [-0.2, -0.15) is 0 Å². The number of aryl methyl sites for hydroxylation is 1. The van der Waals surface area contributed by atoms with E-state index in [1.54, 1.807) is 0 Å². The van der Waals surface area contributed by atoms with Crippen molar-refractivity contribution in [1.82, 2.24) is 5.32 Å². The lowest BCUT2D eigenvalue weighted by Gasteiger charge is -2.64. The third kappa shape index (κ3) is 2.54. The maximum Gasteiger partial charge on any atom is 0.0658 e. The van der Waals surface area contributed by atoms with Crippen molar-refractivity contribution in [3.63, 3.8) is 0 Å². The molecule has 0 aromatic heterocycles. The largest absolute Gasteiger partial charge is 0.390 e. The highest BCUT2D eigenvalue weighted by molar-refractivity contribution is 5.17. The zero-order chi connectivity index (χ0) is 16.2. The first-order valence-corrected chi connectivity index (χ1v) is 10.1. The highest BCUT2D eigenvalue weighted by Crippen LogP contribution is 2.65. The van der Waals surface area contributed by atoms with Crippen molar-refractivity contribution < 1.29 is 5.11 Å². The number of hydrogen-bond acceptors (Lipinski definition) is 2. The van der Waals surface area contributed by atoms with Crippen LogP contribution in [0.4, 0.5) is 0 Å². The molecular weight excluding hydrogens is 294 g/mol. The van der Waals surface area contributed by atoms with Gasteiger partial charge < -0.3 is 10.4 Å².